The highest BCUT2D eigenvalue weighted by Crippen LogP contribution is 2.32. The lowest BCUT2D eigenvalue weighted by molar-refractivity contribution is 0.618. The van der Waals surface area contributed by atoms with Gasteiger partial charge in [-0.3, -0.25) is 0 Å². The molecule has 0 aromatic heterocycles. The summed E-state index contributed by atoms with van der Waals surface area (Å²) in [5, 5.41) is 8.49. The monoisotopic (exact) mass is 292 g/mol. The highest BCUT2D eigenvalue weighted by atomic mass is 79.9. The van der Waals surface area contributed by atoms with Crippen LogP contribution in [0.15, 0.2) is 15.0 Å². The van der Waals surface area contributed by atoms with Gasteiger partial charge in [0.05, 0.1) is 15.7 Å². The van der Waals surface area contributed by atoms with Gasteiger partial charge in [0.2, 0.25) is 0 Å². The minimum Gasteiger partial charge on any atom is -0.397 e. The summed E-state index contributed by atoms with van der Waals surface area (Å²) in [6.45, 7) is 0. The van der Waals surface area contributed by atoms with Gasteiger partial charge in [0.1, 0.15) is 6.07 Å². The Morgan fingerprint density at radius 3 is 2.58 bits per heavy atom. The fourth-order valence-electron chi connectivity index (χ4n) is 0.691. The molecule has 0 aliphatic rings. The lowest BCUT2D eigenvalue weighted by Gasteiger charge is -2.03. The average Bonchev–Trinajstić information content (AvgIpc) is 2.08. The summed E-state index contributed by atoms with van der Waals surface area (Å²) in [4.78, 5) is 0. The molecule has 0 amide bonds. The van der Waals surface area contributed by atoms with Crippen molar-refractivity contribution in [2.24, 2.45) is 0 Å². The number of nitriles is 1. The smallest absolute Gasteiger partial charge is 0.157 e. The van der Waals surface area contributed by atoms with Gasteiger partial charge < -0.3 is 5.73 Å². The lowest BCUT2D eigenvalue weighted by atomic mass is 10.2. The van der Waals surface area contributed by atoms with E-state index in [0.717, 1.165) is 0 Å². The Morgan fingerprint density at radius 1 is 1.50 bits per heavy atom. The van der Waals surface area contributed by atoms with Crippen molar-refractivity contribution in [3.05, 3.63) is 26.4 Å². The zero-order chi connectivity index (χ0) is 9.30. The summed E-state index contributed by atoms with van der Waals surface area (Å²) in [6.07, 6.45) is 0. The molecule has 2 N–H and O–H groups in total. The van der Waals surface area contributed by atoms with Gasteiger partial charge in [-0.1, -0.05) is 0 Å². The summed E-state index contributed by atoms with van der Waals surface area (Å²) in [7, 11) is 0. The highest BCUT2D eigenvalue weighted by Gasteiger charge is 2.12. The third-order valence-electron chi connectivity index (χ3n) is 1.31. The minimum atomic E-state index is -0.627. The van der Waals surface area contributed by atoms with Crippen molar-refractivity contribution in [3.63, 3.8) is 0 Å². The van der Waals surface area contributed by atoms with E-state index < -0.39 is 5.82 Å². The quantitative estimate of drug-likeness (QED) is 0.591. The van der Waals surface area contributed by atoms with Gasteiger partial charge in [-0.15, -0.1) is 0 Å². The van der Waals surface area contributed by atoms with Crippen LogP contribution in [0.3, 0.4) is 0 Å². The van der Waals surface area contributed by atoms with Gasteiger partial charge in [-0.2, -0.15) is 5.26 Å². The van der Waals surface area contributed by atoms with E-state index in [4.69, 9.17) is 11.0 Å². The van der Waals surface area contributed by atoms with Crippen molar-refractivity contribution in [3.8, 4) is 6.07 Å². The number of nitrogens with zero attached hydrogens (tertiary/aromatic N) is 1. The maximum Gasteiger partial charge on any atom is 0.157 e. The van der Waals surface area contributed by atoms with Crippen LogP contribution in [0.5, 0.6) is 0 Å². The summed E-state index contributed by atoms with van der Waals surface area (Å²) in [6, 6.07) is 3.06. The summed E-state index contributed by atoms with van der Waals surface area (Å²) < 4.78 is 13.7. The van der Waals surface area contributed by atoms with Gasteiger partial charge >= 0.3 is 0 Å². The Hall–Kier alpha value is -0.600. The predicted molar refractivity (Wildman–Crippen MR) is 50.9 cm³/mol. The third-order valence-corrected chi connectivity index (χ3v) is 2.75. The topological polar surface area (TPSA) is 49.8 Å². The number of anilines is 1. The molecule has 0 unspecified atom stereocenters. The zero-order valence-electron chi connectivity index (χ0n) is 5.74. The average molecular weight is 294 g/mol. The molecule has 1 rings (SSSR count). The Bertz CT molecular complexity index is 371. The summed E-state index contributed by atoms with van der Waals surface area (Å²) in [5.74, 6) is -0.627. The Morgan fingerprint density at radius 2 is 2.08 bits per heavy atom. The molecule has 0 atom stereocenters. The summed E-state index contributed by atoms with van der Waals surface area (Å²) in [5.41, 5.74) is 5.68. The van der Waals surface area contributed by atoms with Crippen LogP contribution < -0.4 is 5.73 Å². The minimum absolute atomic E-state index is 0.0389. The van der Waals surface area contributed by atoms with Crippen molar-refractivity contribution < 1.29 is 4.39 Å². The van der Waals surface area contributed by atoms with E-state index in [1.54, 1.807) is 6.07 Å². The first-order valence-corrected chi connectivity index (χ1v) is 4.49. The van der Waals surface area contributed by atoms with Gasteiger partial charge in [-0.05, 0) is 37.9 Å². The largest absolute Gasteiger partial charge is 0.397 e. The van der Waals surface area contributed by atoms with Crippen molar-refractivity contribution in [2.75, 3.05) is 5.73 Å². The van der Waals surface area contributed by atoms with Crippen LogP contribution in [0.25, 0.3) is 0 Å². The van der Waals surface area contributed by atoms with Crippen molar-refractivity contribution in [1.29, 1.82) is 5.26 Å². The Labute approximate surface area is 85.4 Å². The number of halogens is 3. The Balaban J connectivity index is 3.52. The molecule has 0 saturated carbocycles. The van der Waals surface area contributed by atoms with E-state index >= 15 is 0 Å². The molecule has 1 aromatic carbocycles. The molecule has 12 heavy (non-hydrogen) atoms. The molecular weight excluding hydrogens is 291 g/mol. The third kappa shape index (κ3) is 1.45. The Kier molecular flexibility index (Phi) is 2.70. The fourth-order valence-corrected chi connectivity index (χ4v) is 1.81. The maximum atomic E-state index is 13.1. The molecular formula is C7H3Br2FN2. The number of hydrogen-bond donors (Lipinski definition) is 1. The predicted octanol–water partition coefficient (Wildman–Crippen LogP) is 2.80. The van der Waals surface area contributed by atoms with Crippen LogP contribution in [0, 0.1) is 17.1 Å². The molecule has 2 nitrogen and oxygen atoms in total. The standard InChI is InChI=1S/C7H3Br2FN2/c8-4-1-3(2-11)6(10)5(9)7(4)12/h1H,12H2. The molecule has 5 heteroatoms. The number of nitrogens with two attached hydrogens (primary N) is 1. The van der Waals surface area contributed by atoms with Crippen LogP contribution in [-0.4, -0.2) is 0 Å². The molecule has 0 saturated heterocycles. The van der Waals surface area contributed by atoms with Crippen molar-refractivity contribution >= 4 is 37.5 Å². The molecule has 0 radical (unpaired) electrons. The van der Waals surface area contributed by atoms with E-state index in [0.29, 0.717) is 4.47 Å². The molecule has 0 spiro atoms. The number of rotatable bonds is 0. The van der Waals surface area contributed by atoms with Crippen LogP contribution in [0.1, 0.15) is 5.56 Å². The van der Waals surface area contributed by atoms with Crippen LogP contribution in [0.4, 0.5) is 10.1 Å². The molecule has 0 aliphatic carbocycles. The first-order chi connectivity index (χ1) is 5.57. The van der Waals surface area contributed by atoms with Crippen molar-refractivity contribution in [1.82, 2.24) is 0 Å². The second kappa shape index (κ2) is 3.42. The van der Waals surface area contributed by atoms with Crippen LogP contribution >= 0.6 is 31.9 Å². The lowest BCUT2D eigenvalue weighted by Crippen LogP contribution is -1.94. The normalized spacial score (nSPS) is 9.50. The molecule has 0 bridgehead atoms. The second-order valence-electron chi connectivity index (χ2n) is 2.06. The number of benzene rings is 1. The molecule has 62 valence electrons. The van der Waals surface area contributed by atoms with Gasteiger partial charge in [0.25, 0.3) is 0 Å². The highest BCUT2D eigenvalue weighted by molar-refractivity contribution is 9.11. The fraction of sp³-hybridized carbons (Fsp3) is 0. The first-order valence-electron chi connectivity index (χ1n) is 2.91. The SMILES string of the molecule is N#Cc1cc(Br)c(N)c(Br)c1F. The van der Waals surface area contributed by atoms with Gasteiger partial charge in [0, 0.05) is 4.47 Å². The first kappa shape index (κ1) is 9.49. The van der Waals surface area contributed by atoms with Crippen molar-refractivity contribution in [2.45, 2.75) is 0 Å². The van der Waals surface area contributed by atoms with Gasteiger partial charge in [-0.25, -0.2) is 4.39 Å². The van der Waals surface area contributed by atoms with Crippen LogP contribution in [-0.2, 0) is 0 Å². The van der Waals surface area contributed by atoms with E-state index in [1.165, 1.54) is 6.07 Å². The van der Waals surface area contributed by atoms with E-state index in [-0.39, 0.29) is 15.7 Å². The van der Waals surface area contributed by atoms with Crippen LogP contribution in [0.2, 0.25) is 0 Å². The number of nitrogen functional groups attached to an aromatic ring is 1. The van der Waals surface area contributed by atoms with E-state index in [2.05, 4.69) is 31.9 Å². The molecule has 1 aromatic rings. The zero-order valence-corrected chi connectivity index (χ0v) is 8.91. The van der Waals surface area contributed by atoms with E-state index in [1.807, 2.05) is 0 Å². The number of hydrogen-bond acceptors (Lipinski definition) is 2. The van der Waals surface area contributed by atoms with Gasteiger partial charge in [0.15, 0.2) is 5.82 Å². The van der Waals surface area contributed by atoms with E-state index in [9.17, 15) is 4.39 Å². The maximum absolute atomic E-state index is 13.1. The summed E-state index contributed by atoms with van der Waals surface area (Å²) >= 11 is 6.04. The second-order valence-corrected chi connectivity index (χ2v) is 3.71. The molecule has 0 fully saturated rings. The molecule has 0 aliphatic heterocycles. The molecule has 0 heterocycles.